The van der Waals surface area contributed by atoms with Crippen molar-refractivity contribution in [1.29, 1.82) is 0 Å². The maximum absolute atomic E-state index is 11.6. The maximum Gasteiger partial charge on any atom is 0.356 e. The normalized spacial score (nSPS) is 10.7. The number of hydrogen-bond acceptors (Lipinski definition) is 5. The Morgan fingerprint density at radius 1 is 1.14 bits per heavy atom. The Labute approximate surface area is 170 Å². The fourth-order valence-electron chi connectivity index (χ4n) is 2.55. The smallest absolute Gasteiger partial charge is 0.356 e. The Bertz CT molecular complexity index is 1000. The number of aliphatic hydroxyl groups is 1. The van der Waals surface area contributed by atoms with Gasteiger partial charge in [0.25, 0.3) is 0 Å². The van der Waals surface area contributed by atoms with Crippen LogP contribution >= 0.6 is 23.2 Å². The number of aliphatic hydroxyl groups excluding tert-OH is 1. The maximum atomic E-state index is 11.6. The number of ether oxygens (including phenoxy) is 2. The van der Waals surface area contributed by atoms with Crippen LogP contribution in [0.1, 0.15) is 23.0 Å². The predicted octanol–water partition coefficient (Wildman–Crippen LogP) is 4.56. The molecular formula is C19H16Cl2N2O5. The Hall–Kier alpha value is -2.74. The molecule has 1 heterocycles. The fraction of sp³-hybridized carbons (Fsp3) is 0.158. The molecule has 2 N–H and O–H groups in total. The number of aromatic nitrogens is 2. The number of nitrogens with zero attached hydrogens (tertiary/aromatic N) is 2. The van der Waals surface area contributed by atoms with E-state index in [0.29, 0.717) is 28.8 Å². The molecule has 0 atom stereocenters. The number of halogens is 2. The van der Waals surface area contributed by atoms with Gasteiger partial charge in [0.05, 0.1) is 29.5 Å². The summed E-state index contributed by atoms with van der Waals surface area (Å²) in [7, 11) is 0. The molecule has 9 heteroatoms. The SMILES string of the molecule is CCOc1ccc(Oc2c(CO)c(C(=O)O)nn2-c2ccc(Cl)cc2Cl)cc1. The van der Waals surface area contributed by atoms with Crippen LogP contribution in [0.4, 0.5) is 0 Å². The molecule has 0 fully saturated rings. The van der Waals surface area contributed by atoms with Gasteiger partial charge in [0, 0.05) is 5.02 Å². The number of carbonyl (C=O) groups is 1. The first-order valence-corrected chi connectivity index (χ1v) is 9.02. The lowest BCUT2D eigenvalue weighted by atomic mass is 10.2. The lowest BCUT2D eigenvalue weighted by Gasteiger charge is -2.12. The van der Waals surface area contributed by atoms with E-state index >= 15 is 0 Å². The quantitative estimate of drug-likeness (QED) is 0.579. The first-order valence-electron chi connectivity index (χ1n) is 8.26. The molecule has 2 aromatic carbocycles. The molecule has 3 rings (SSSR count). The molecule has 28 heavy (non-hydrogen) atoms. The van der Waals surface area contributed by atoms with Gasteiger partial charge in [-0.05, 0) is 49.4 Å². The monoisotopic (exact) mass is 422 g/mol. The summed E-state index contributed by atoms with van der Waals surface area (Å²) in [6.07, 6.45) is 0. The second-order valence-electron chi connectivity index (χ2n) is 5.61. The molecule has 0 aliphatic carbocycles. The molecule has 7 nitrogen and oxygen atoms in total. The number of aromatic carboxylic acids is 1. The summed E-state index contributed by atoms with van der Waals surface area (Å²) in [4.78, 5) is 11.6. The summed E-state index contributed by atoms with van der Waals surface area (Å²) in [5.41, 5.74) is 0.0380. The van der Waals surface area contributed by atoms with E-state index in [4.69, 9.17) is 32.7 Å². The summed E-state index contributed by atoms with van der Waals surface area (Å²) < 4.78 is 12.5. The van der Waals surface area contributed by atoms with Gasteiger partial charge in [-0.15, -0.1) is 0 Å². The molecule has 0 saturated heterocycles. The van der Waals surface area contributed by atoms with E-state index in [2.05, 4.69) is 5.10 Å². The topological polar surface area (TPSA) is 93.8 Å². The zero-order valence-corrected chi connectivity index (χ0v) is 16.2. The molecule has 0 saturated carbocycles. The summed E-state index contributed by atoms with van der Waals surface area (Å²) >= 11 is 12.2. The Kier molecular flexibility index (Phi) is 6.08. The van der Waals surface area contributed by atoms with Crippen LogP contribution in [-0.4, -0.2) is 32.6 Å². The molecule has 0 unspecified atom stereocenters. The van der Waals surface area contributed by atoms with Crippen molar-refractivity contribution >= 4 is 29.2 Å². The molecule has 0 radical (unpaired) electrons. The number of carboxylic acids is 1. The molecule has 1 aromatic heterocycles. The molecule has 146 valence electrons. The van der Waals surface area contributed by atoms with Gasteiger partial charge in [0.2, 0.25) is 5.88 Å². The van der Waals surface area contributed by atoms with E-state index < -0.39 is 12.6 Å². The number of benzene rings is 2. The van der Waals surface area contributed by atoms with Gasteiger partial charge in [-0.3, -0.25) is 0 Å². The predicted molar refractivity (Wildman–Crippen MR) is 104 cm³/mol. The highest BCUT2D eigenvalue weighted by Crippen LogP contribution is 2.34. The second-order valence-corrected chi connectivity index (χ2v) is 6.45. The summed E-state index contributed by atoms with van der Waals surface area (Å²) in [6, 6.07) is 11.4. The number of carboxylic acid groups (broad SMARTS) is 1. The van der Waals surface area contributed by atoms with Crippen LogP contribution in [0.2, 0.25) is 10.0 Å². The fourth-order valence-corrected chi connectivity index (χ4v) is 3.04. The van der Waals surface area contributed by atoms with Crippen molar-refractivity contribution < 1.29 is 24.5 Å². The molecule has 0 aliphatic heterocycles. The van der Waals surface area contributed by atoms with E-state index in [1.165, 1.54) is 10.7 Å². The number of rotatable bonds is 7. The van der Waals surface area contributed by atoms with Crippen LogP contribution in [-0.2, 0) is 6.61 Å². The van der Waals surface area contributed by atoms with Gasteiger partial charge < -0.3 is 19.7 Å². The molecule has 0 spiro atoms. The first-order chi connectivity index (χ1) is 13.4. The van der Waals surface area contributed by atoms with Crippen molar-refractivity contribution in [2.45, 2.75) is 13.5 Å². The van der Waals surface area contributed by atoms with Gasteiger partial charge in [-0.1, -0.05) is 23.2 Å². The second kappa shape index (κ2) is 8.52. The van der Waals surface area contributed by atoms with Gasteiger partial charge >= 0.3 is 5.97 Å². The van der Waals surface area contributed by atoms with Gasteiger partial charge in [-0.25, -0.2) is 4.79 Å². The average molecular weight is 423 g/mol. The lowest BCUT2D eigenvalue weighted by Crippen LogP contribution is -2.03. The highest BCUT2D eigenvalue weighted by Gasteiger charge is 2.26. The zero-order valence-electron chi connectivity index (χ0n) is 14.7. The van der Waals surface area contributed by atoms with Crippen molar-refractivity contribution in [3.63, 3.8) is 0 Å². The van der Waals surface area contributed by atoms with Crippen molar-refractivity contribution in [1.82, 2.24) is 9.78 Å². The standard InChI is InChI=1S/C19H16Cl2N2O5/c1-2-27-12-4-6-13(7-5-12)28-18-14(10-24)17(19(25)26)22-23(18)16-8-3-11(20)9-15(16)21/h3-9,24H,2,10H2,1H3,(H,25,26). The minimum atomic E-state index is -1.30. The van der Waals surface area contributed by atoms with Crippen LogP contribution in [0.5, 0.6) is 17.4 Å². The highest BCUT2D eigenvalue weighted by atomic mass is 35.5. The molecular weight excluding hydrogens is 407 g/mol. The van der Waals surface area contributed by atoms with Crippen molar-refractivity contribution in [2.75, 3.05) is 6.61 Å². The first kappa shape index (κ1) is 20.0. The van der Waals surface area contributed by atoms with Crippen molar-refractivity contribution in [3.8, 4) is 23.1 Å². The van der Waals surface area contributed by atoms with Crippen LogP contribution in [0.25, 0.3) is 5.69 Å². The molecule has 0 bridgehead atoms. The van der Waals surface area contributed by atoms with Gasteiger partial charge in [0.1, 0.15) is 11.5 Å². The van der Waals surface area contributed by atoms with E-state index in [9.17, 15) is 15.0 Å². The van der Waals surface area contributed by atoms with Crippen molar-refractivity contribution in [3.05, 3.63) is 63.8 Å². The summed E-state index contributed by atoms with van der Waals surface area (Å²) in [5, 5.41) is 23.9. The Morgan fingerprint density at radius 3 is 2.39 bits per heavy atom. The van der Waals surface area contributed by atoms with Crippen LogP contribution in [0.15, 0.2) is 42.5 Å². The van der Waals surface area contributed by atoms with Gasteiger partial charge in [-0.2, -0.15) is 9.78 Å². The highest BCUT2D eigenvalue weighted by molar-refractivity contribution is 6.35. The van der Waals surface area contributed by atoms with E-state index in [1.807, 2.05) is 6.92 Å². The molecule has 3 aromatic rings. The third-order valence-electron chi connectivity index (χ3n) is 3.78. The summed E-state index contributed by atoms with van der Waals surface area (Å²) in [5.74, 6) is -0.197. The van der Waals surface area contributed by atoms with Gasteiger partial charge in [0.15, 0.2) is 5.69 Å². The minimum Gasteiger partial charge on any atom is -0.494 e. The van der Waals surface area contributed by atoms with Crippen LogP contribution in [0, 0.1) is 0 Å². The third kappa shape index (κ3) is 4.06. The Balaban J connectivity index is 2.10. The Morgan fingerprint density at radius 2 is 1.82 bits per heavy atom. The van der Waals surface area contributed by atoms with Crippen LogP contribution < -0.4 is 9.47 Å². The van der Waals surface area contributed by atoms with E-state index in [-0.39, 0.29) is 22.2 Å². The van der Waals surface area contributed by atoms with E-state index in [0.717, 1.165) is 0 Å². The lowest BCUT2D eigenvalue weighted by molar-refractivity contribution is 0.0686. The summed E-state index contributed by atoms with van der Waals surface area (Å²) in [6.45, 7) is 1.82. The number of hydrogen-bond donors (Lipinski definition) is 2. The largest absolute Gasteiger partial charge is 0.494 e. The third-order valence-corrected chi connectivity index (χ3v) is 4.32. The van der Waals surface area contributed by atoms with Crippen LogP contribution in [0.3, 0.4) is 0 Å². The zero-order chi connectivity index (χ0) is 20.3. The molecule has 0 aliphatic rings. The van der Waals surface area contributed by atoms with E-state index in [1.54, 1.807) is 36.4 Å². The van der Waals surface area contributed by atoms with Crippen molar-refractivity contribution in [2.24, 2.45) is 0 Å². The minimum absolute atomic E-state index is 0.0207. The molecule has 0 amide bonds. The average Bonchev–Trinajstić information content (AvgIpc) is 3.02.